The summed E-state index contributed by atoms with van der Waals surface area (Å²) in [5, 5.41) is 0.625. The maximum absolute atomic E-state index is 12.8. The Morgan fingerprint density at radius 3 is 2.76 bits per heavy atom. The lowest BCUT2D eigenvalue weighted by molar-refractivity contribution is -0.141. The third-order valence-electron chi connectivity index (χ3n) is 4.42. The van der Waals surface area contributed by atoms with E-state index in [1.165, 1.54) is 24.5 Å². The monoisotopic (exact) mass is 408 g/mol. The number of nitrogens with zero attached hydrogens (tertiary/aromatic N) is 2. The molecule has 0 fully saturated rings. The fourth-order valence-corrected chi connectivity index (χ4v) is 4.10. The lowest BCUT2D eigenvalue weighted by Gasteiger charge is -2.04. The number of fused-ring (bicyclic) bond motifs is 2. The van der Waals surface area contributed by atoms with Gasteiger partial charge in [-0.15, -0.1) is 0 Å². The molecule has 1 amide bonds. The molecule has 29 heavy (non-hydrogen) atoms. The molecule has 0 unspecified atom stereocenters. The molecule has 0 atom stereocenters. The van der Waals surface area contributed by atoms with Gasteiger partial charge in [-0.1, -0.05) is 35.6 Å². The van der Waals surface area contributed by atoms with Crippen LogP contribution in [0.5, 0.6) is 0 Å². The summed E-state index contributed by atoms with van der Waals surface area (Å²) in [7, 11) is 1.30. The molecule has 7 nitrogen and oxygen atoms in total. The van der Waals surface area contributed by atoms with Crippen LogP contribution in [0.3, 0.4) is 0 Å². The zero-order valence-electron chi connectivity index (χ0n) is 15.7. The number of carbonyl (C=O) groups excluding carboxylic acids is 2. The van der Waals surface area contributed by atoms with Gasteiger partial charge in [0.15, 0.2) is 4.80 Å². The van der Waals surface area contributed by atoms with E-state index in [0.717, 1.165) is 15.8 Å². The van der Waals surface area contributed by atoms with Crippen molar-refractivity contribution in [2.75, 3.05) is 7.11 Å². The highest BCUT2D eigenvalue weighted by Crippen LogP contribution is 2.19. The van der Waals surface area contributed by atoms with Crippen LogP contribution in [0, 0.1) is 6.92 Å². The van der Waals surface area contributed by atoms with Gasteiger partial charge in [0.25, 0.3) is 5.91 Å². The predicted octanol–water partition coefficient (Wildman–Crippen LogP) is 3.03. The topological polar surface area (TPSA) is 90.9 Å². The van der Waals surface area contributed by atoms with Crippen LogP contribution >= 0.6 is 11.3 Å². The Balaban J connectivity index is 1.88. The molecule has 0 aliphatic carbocycles. The van der Waals surface area contributed by atoms with Gasteiger partial charge in [-0.05, 0) is 36.8 Å². The van der Waals surface area contributed by atoms with Crippen molar-refractivity contribution in [2.45, 2.75) is 13.5 Å². The second-order valence-corrected chi connectivity index (χ2v) is 7.43. The lowest BCUT2D eigenvalue weighted by Crippen LogP contribution is -2.23. The summed E-state index contributed by atoms with van der Waals surface area (Å²) in [6.07, 6.45) is 0. The maximum atomic E-state index is 12.8. The average Bonchev–Trinajstić information content (AvgIpc) is 3.03. The molecule has 0 N–H and O–H groups in total. The van der Waals surface area contributed by atoms with E-state index >= 15 is 0 Å². The Labute approximate surface area is 168 Å². The quantitative estimate of drug-likeness (QED) is 0.384. The van der Waals surface area contributed by atoms with Gasteiger partial charge < -0.3 is 13.7 Å². The number of rotatable bonds is 3. The zero-order chi connectivity index (χ0) is 20.5. The Morgan fingerprint density at radius 1 is 1.17 bits per heavy atom. The number of thiazole rings is 1. The molecule has 0 radical (unpaired) electrons. The van der Waals surface area contributed by atoms with Crippen molar-refractivity contribution in [2.24, 2.45) is 4.99 Å². The molecule has 2 aromatic carbocycles. The van der Waals surface area contributed by atoms with E-state index in [1.807, 2.05) is 25.1 Å². The van der Waals surface area contributed by atoms with E-state index in [-0.39, 0.29) is 12.1 Å². The van der Waals surface area contributed by atoms with Crippen LogP contribution in [-0.2, 0) is 16.1 Å². The molecule has 0 aliphatic rings. The molecule has 146 valence electrons. The van der Waals surface area contributed by atoms with Gasteiger partial charge in [0.1, 0.15) is 17.7 Å². The molecule has 0 aliphatic heterocycles. The molecular formula is C21H16N2O5S. The van der Waals surface area contributed by atoms with Crippen molar-refractivity contribution in [3.63, 3.8) is 0 Å². The van der Waals surface area contributed by atoms with E-state index in [2.05, 4.69) is 4.99 Å². The number of hydrogen-bond acceptors (Lipinski definition) is 6. The number of methoxy groups -OCH3 is 1. The fraction of sp³-hybridized carbons (Fsp3) is 0.143. The number of para-hydroxylation sites is 1. The van der Waals surface area contributed by atoms with E-state index in [9.17, 15) is 14.4 Å². The van der Waals surface area contributed by atoms with Crippen molar-refractivity contribution < 1.29 is 18.7 Å². The van der Waals surface area contributed by atoms with Crippen molar-refractivity contribution >= 4 is 44.4 Å². The molecule has 0 saturated heterocycles. The molecule has 4 aromatic rings. The fourth-order valence-electron chi connectivity index (χ4n) is 2.97. The molecule has 0 spiro atoms. The first-order valence-electron chi connectivity index (χ1n) is 8.75. The summed E-state index contributed by atoms with van der Waals surface area (Å²) in [6, 6.07) is 14.1. The van der Waals surface area contributed by atoms with Crippen LogP contribution in [0.1, 0.15) is 15.9 Å². The number of ether oxygens (including phenoxy) is 1. The standard InChI is InChI=1S/C21H16N2O5S/c1-12-7-8-15-17(9-12)29-21(23(15)11-18(24)27-2)22-19(25)14-10-13-5-3-4-6-16(13)28-20(14)26/h3-10H,11H2,1-2H3. The number of amides is 1. The van der Waals surface area contributed by atoms with E-state index in [1.54, 1.807) is 28.8 Å². The summed E-state index contributed by atoms with van der Waals surface area (Å²) >= 11 is 1.26. The van der Waals surface area contributed by atoms with Gasteiger partial charge in [0.05, 0.1) is 17.3 Å². The van der Waals surface area contributed by atoms with E-state index in [4.69, 9.17) is 9.15 Å². The summed E-state index contributed by atoms with van der Waals surface area (Å²) in [6.45, 7) is 1.85. The number of esters is 1. The summed E-state index contributed by atoms with van der Waals surface area (Å²) in [4.78, 5) is 41.3. The van der Waals surface area contributed by atoms with Crippen LogP contribution in [0.25, 0.3) is 21.2 Å². The van der Waals surface area contributed by atoms with Gasteiger partial charge in [0, 0.05) is 5.39 Å². The van der Waals surface area contributed by atoms with Crippen LogP contribution < -0.4 is 10.4 Å². The van der Waals surface area contributed by atoms with Crippen LogP contribution in [0.4, 0.5) is 0 Å². The van der Waals surface area contributed by atoms with Gasteiger partial charge in [-0.2, -0.15) is 4.99 Å². The van der Waals surface area contributed by atoms with Crippen LogP contribution in [-0.4, -0.2) is 23.6 Å². The highest BCUT2D eigenvalue weighted by molar-refractivity contribution is 7.16. The van der Waals surface area contributed by atoms with Crippen molar-refractivity contribution in [3.05, 3.63) is 74.9 Å². The number of carbonyl (C=O) groups is 2. The third kappa shape index (κ3) is 3.62. The summed E-state index contributed by atoms with van der Waals surface area (Å²) < 4.78 is 12.5. The second kappa shape index (κ2) is 7.48. The van der Waals surface area contributed by atoms with Crippen LogP contribution in [0.2, 0.25) is 0 Å². The van der Waals surface area contributed by atoms with Crippen molar-refractivity contribution in [1.82, 2.24) is 4.57 Å². The maximum Gasteiger partial charge on any atom is 0.349 e. The first-order chi connectivity index (χ1) is 14.0. The SMILES string of the molecule is COC(=O)Cn1c(=NC(=O)c2cc3ccccc3oc2=O)sc2cc(C)ccc21. The number of benzene rings is 2. The predicted molar refractivity (Wildman–Crippen MR) is 109 cm³/mol. The van der Waals surface area contributed by atoms with Gasteiger partial charge in [0.2, 0.25) is 0 Å². The molecule has 0 saturated carbocycles. The smallest absolute Gasteiger partial charge is 0.349 e. The second-order valence-electron chi connectivity index (χ2n) is 6.42. The Hall–Kier alpha value is -3.52. The van der Waals surface area contributed by atoms with Gasteiger partial charge in [-0.3, -0.25) is 9.59 Å². The minimum atomic E-state index is -0.756. The number of aryl methyl sites for hydroxylation is 1. The van der Waals surface area contributed by atoms with Gasteiger partial charge >= 0.3 is 11.6 Å². The molecule has 2 aromatic heterocycles. The first-order valence-corrected chi connectivity index (χ1v) is 9.56. The zero-order valence-corrected chi connectivity index (χ0v) is 16.5. The largest absolute Gasteiger partial charge is 0.468 e. The minimum Gasteiger partial charge on any atom is -0.468 e. The molecular weight excluding hydrogens is 392 g/mol. The first kappa shape index (κ1) is 18.8. The Kier molecular flexibility index (Phi) is 4.85. The molecule has 8 heteroatoms. The van der Waals surface area contributed by atoms with Crippen molar-refractivity contribution in [1.29, 1.82) is 0 Å². The summed E-state index contributed by atoms with van der Waals surface area (Å²) in [5.74, 6) is -1.20. The highest BCUT2D eigenvalue weighted by atomic mass is 32.1. The highest BCUT2D eigenvalue weighted by Gasteiger charge is 2.16. The lowest BCUT2D eigenvalue weighted by atomic mass is 10.2. The average molecular weight is 408 g/mol. The van der Waals surface area contributed by atoms with Crippen molar-refractivity contribution in [3.8, 4) is 0 Å². The van der Waals surface area contributed by atoms with Crippen LogP contribution in [0.15, 0.2) is 62.7 Å². The molecule has 0 bridgehead atoms. The van der Waals surface area contributed by atoms with Gasteiger partial charge in [-0.25, -0.2) is 4.79 Å². The minimum absolute atomic E-state index is 0.0992. The van der Waals surface area contributed by atoms with E-state index in [0.29, 0.717) is 15.8 Å². The Morgan fingerprint density at radius 2 is 1.97 bits per heavy atom. The normalized spacial score (nSPS) is 11.9. The van der Waals surface area contributed by atoms with E-state index < -0.39 is 17.5 Å². The summed E-state index contributed by atoms with van der Waals surface area (Å²) in [5.41, 5.74) is 1.27. The number of hydrogen-bond donors (Lipinski definition) is 0. The molecule has 2 heterocycles. The Bertz CT molecular complexity index is 1390. The number of aromatic nitrogens is 1. The third-order valence-corrected chi connectivity index (χ3v) is 5.46. The molecule has 4 rings (SSSR count).